The van der Waals surface area contributed by atoms with E-state index in [0.29, 0.717) is 31.1 Å². The first kappa shape index (κ1) is 17.1. The second-order valence-electron chi connectivity index (χ2n) is 5.68. The second kappa shape index (κ2) is 7.85. The Morgan fingerprint density at radius 1 is 1.39 bits per heavy atom. The number of benzene rings is 1. The number of methoxy groups -OCH3 is 1. The molecule has 1 heterocycles. The summed E-state index contributed by atoms with van der Waals surface area (Å²) in [6.45, 7) is 5.09. The van der Waals surface area contributed by atoms with Crippen LogP contribution in [0.15, 0.2) is 18.2 Å². The van der Waals surface area contributed by atoms with Gasteiger partial charge in [-0.2, -0.15) is 0 Å². The van der Waals surface area contributed by atoms with Gasteiger partial charge in [0.1, 0.15) is 5.75 Å². The van der Waals surface area contributed by atoms with Gasteiger partial charge in [0.15, 0.2) is 0 Å². The Balaban J connectivity index is 2.03. The summed E-state index contributed by atoms with van der Waals surface area (Å²) < 4.78 is 10.3. The summed E-state index contributed by atoms with van der Waals surface area (Å²) in [6, 6.07) is 5.64. The molecule has 0 aliphatic carbocycles. The fourth-order valence-corrected chi connectivity index (χ4v) is 2.73. The molecule has 1 saturated heterocycles. The van der Waals surface area contributed by atoms with Crippen molar-refractivity contribution in [1.82, 2.24) is 4.90 Å². The van der Waals surface area contributed by atoms with E-state index >= 15 is 0 Å². The lowest BCUT2D eigenvalue weighted by atomic mass is 9.97. The van der Waals surface area contributed by atoms with Crippen LogP contribution in [0.1, 0.15) is 25.3 Å². The minimum absolute atomic E-state index is 0.0945. The maximum absolute atomic E-state index is 12.5. The topological polar surface area (TPSA) is 67.9 Å². The predicted molar refractivity (Wildman–Crippen MR) is 87.7 cm³/mol. The van der Waals surface area contributed by atoms with Crippen LogP contribution in [-0.2, 0) is 9.53 Å². The zero-order valence-corrected chi connectivity index (χ0v) is 13.9. The highest BCUT2D eigenvalue weighted by Gasteiger charge is 2.29. The summed E-state index contributed by atoms with van der Waals surface area (Å²) in [5.41, 5.74) is 1.70. The molecule has 2 amide bonds. The van der Waals surface area contributed by atoms with Crippen molar-refractivity contribution >= 4 is 17.7 Å². The van der Waals surface area contributed by atoms with Gasteiger partial charge < -0.3 is 19.7 Å². The largest absolute Gasteiger partial charge is 0.495 e. The molecule has 0 radical (unpaired) electrons. The summed E-state index contributed by atoms with van der Waals surface area (Å²) in [5.74, 6) is 0.295. The van der Waals surface area contributed by atoms with Gasteiger partial charge in [-0.15, -0.1) is 0 Å². The van der Waals surface area contributed by atoms with E-state index in [1.54, 1.807) is 18.9 Å². The van der Waals surface area contributed by atoms with Crippen LogP contribution in [0.4, 0.5) is 10.5 Å². The average molecular weight is 320 g/mol. The van der Waals surface area contributed by atoms with E-state index in [1.807, 2.05) is 25.1 Å². The molecule has 1 N–H and O–H groups in total. The molecule has 0 spiro atoms. The quantitative estimate of drug-likeness (QED) is 0.926. The van der Waals surface area contributed by atoms with Gasteiger partial charge in [-0.05, 0) is 44.4 Å². The number of piperidine rings is 1. The standard InChI is InChI=1S/C17H24N2O4/c1-4-23-17(21)19-9-5-6-13(11-19)16(20)18-14-10-12(2)7-8-15(14)22-3/h7-8,10,13H,4-6,9,11H2,1-3H3,(H,18,20). The van der Waals surface area contributed by atoms with Crippen molar-refractivity contribution in [3.05, 3.63) is 23.8 Å². The molecule has 1 aliphatic heterocycles. The zero-order valence-electron chi connectivity index (χ0n) is 13.9. The first-order valence-corrected chi connectivity index (χ1v) is 7.92. The maximum atomic E-state index is 12.5. The number of hydrogen-bond acceptors (Lipinski definition) is 4. The highest BCUT2D eigenvalue weighted by atomic mass is 16.6. The van der Waals surface area contributed by atoms with Crippen LogP contribution in [0.3, 0.4) is 0 Å². The monoisotopic (exact) mass is 320 g/mol. The molecule has 23 heavy (non-hydrogen) atoms. The molecular weight excluding hydrogens is 296 g/mol. The normalized spacial score (nSPS) is 17.5. The van der Waals surface area contributed by atoms with E-state index in [9.17, 15) is 9.59 Å². The minimum Gasteiger partial charge on any atom is -0.495 e. The van der Waals surface area contributed by atoms with Crippen molar-refractivity contribution in [3.8, 4) is 5.75 Å². The SMILES string of the molecule is CCOC(=O)N1CCCC(C(=O)Nc2cc(C)ccc2OC)C1. The smallest absolute Gasteiger partial charge is 0.409 e. The molecule has 1 aromatic rings. The third-order valence-electron chi connectivity index (χ3n) is 3.93. The van der Waals surface area contributed by atoms with Crippen molar-refractivity contribution in [2.24, 2.45) is 5.92 Å². The fourth-order valence-electron chi connectivity index (χ4n) is 2.73. The molecule has 1 fully saturated rings. The third-order valence-corrected chi connectivity index (χ3v) is 3.93. The minimum atomic E-state index is -0.349. The fraction of sp³-hybridized carbons (Fsp3) is 0.529. The zero-order chi connectivity index (χ0) is 16.8. The van der Waals surface area contributed by atoms with Crippen molar-refractivity contribution in [1.29, 1.82) is 0 Å². The molecule has 0 aromatic heterocycles. The summed E-state index contributed by atoms with van der Waals surface area (Å²) >= 11 is 0. The highest BCUT2D eigenvalue weighted by Crippen LogP contribution is 2.27. The average Bonchev–Trinajstić information content (AvgIpc) is 2.55. The van der Waals surface area contributed by atoms with Crippen LogP contribution in [0.25, 0.3) is 0 Å². The first-order valence-electron chi connectivity index (χ1n) is 7.92. The van der Waals surface area contributed by atoms with E-state index < -0.39 is 0 Å². The molecule has 0 saturated carbocycles. The Hall–Kier alpha value is -2.24. The van der Waals surface area contributed by atoms with E-state index in [0.717, 1.165) is 18.4 Å². The van der Waals surface area contributed by atoms with Gasteiger partial charge in [0.05, 0.1) is 25.3 Å². The number of likely N-dealkylation sites (tertiary alicyclic amines) is 1. The Bertz CT molecular complexity index is 574. The molecule has 1 aliphatic rings. The van der Waals surface area contributed by atoms with Gasteiger partial charge in [-0.3, -0.25) is 4.79 Å². The molecule has 6 heteroatoms. The van der Waals surface area contributed by atoms with Gasteiger partial charge in [0.25, 0.3) is 0 Å². The highest BCUT2D eigenvalue weighted by molar-refractivity contribution is 5.94. The lowest BCUT2D eigenvalue weighted by Gasteiger charge is -2.31. The number of carbonyl (C=O) groups is 2. The van der Waals surface area contributed by atoms with Gasteiger partial charge in [-0.25, -0.2) is 4.79 Å². The summed E-state index contributed by atoms with van der Waals surface area (Å²) in [6.07, 6.45) is 1.20. The van der Waals surface area contributed by atoms with Crippen LogP contribution in [0.5, 0.6) is 5.75 Å². The third kappa shape index (κ3) is 4.37. The van der Waals surface area contributed by atoms with Crippen molar-refractivity contribution in [2.75, 3.05) is 32.1 Å². The number of nitrogens with one attached hydrogen (secondary N) is 1. The van der Waals surface area contributed by atoms with E-state index in [4.69, 9.17) is 9.47 Å². The number of nitrogens with zero attached hydrogens (tertiary/aromatic N) is 1. The molecule has 1 atom stereocenters. The summed E-state index contributed by atoms with van der Waals surface area (Å²) in [7, 11) is 1.57. The lowest BCUT2D eigenvalue weighted by molar-refractivity contribution is -0.121. The number of carbonyl (C=O) groups excluding carboxylic acids is 2. The number of ether oxygens (including phenoxy) is 2. The Morgan fingerprint density at radius 3 is 2.87 bits per heavy atom. The Morgan fingerprint density at radius 2 is 2.17 bits per heavy atom. The van der Waals surface area contributed by atoms with Crippen LogP contribution in [0, 0.1) is 12.8 Å². The van der Waals surface area contributed by atoms with Crippen molar-refractivity contribution in [2.45, 2.75) is 26.7 Å². The molecule has 1 unspecified atom stereocenters. The van der Waals surface area contributed by atoms with E-state index in [2.05, 4.69) is 5.32 Å². The number of anilines is 1. The Kier molecular flexibility index (Phi) is 5.84. The number of hydrogen-bond donors (Lipinski definition) is 1. The predicted octanol–water partition coefficient (Wildman–Crippen LogP) is 2.81. The van der Waals surface area contributed by atoms with Gasteiger partial charge in [0.2, 0.25) is 5.91 Å². The second-order valence-corrected chi connectivity index (χ2v) is 5.68. The molecule has 6 nitrogen and oxygen atoms in total. The molecule has 1 aromatic carbocycles. The molecule has 126 valence electrons. The van der Waals surface area contributed by atoms with Crippen molar-refractivity contribution in [3.63, 3.8) is 0 Å². The van der Waals surface area contributed by atoms with Crippen LogP contribution in [0.2, 0.25) is 0 Å². The van der Waals surface area contributed by atoms with Crippen molar-refractivity contribution < 1.29 is 19.1 Å². The number of rotatable bonds is 4. The maximum Gasteiger partial charge on any atom is 0.409 e. The van der Waals surface area contributed by atoms with Gasteiger partial charge >= 0.3 is 6.09 Å². The van der Waals surface area contributed by atoms with E-state index in [-0.39, 0.29) is 17.9 Å². The summed E-state index contributed by atoms with van der Waals surface area (Å²) in [4.78, 5) is 26.0. The lowest BCUT2D eigenvalue weighted by Crippen LogP contribution is -2.44. The van der Waals surface area contributed by atoms with Crippen LogP contribution < -0.4 is 10.1 Å². The Labute approximate surface area is 136 Å². The van der Waals surface area contributed by atoms with Gasteiger partial charge in [0, 0.05) is 13.1 Å². The molecule has 2 rings (SSSR count). The van der Waals surface area contributed by atoms with E-state index in [1.165, 1.54) is 0 Å². The number of amides is 2. The number of aryl methyl sites for hydroxylation is 1. The summed E-state index contributed by atoms with van der Waals surface area (Å²) in [5, 5.41) is 2.92. The first-order chi connectivity index (χ1) is 11.0. The molecular formula is C17H24N2O4. The van der Waals surface area contributed by atoms with Crippen LogP contribution >= 0.6 is 0 Å². The molecule has 0 bridgehead atoms. The van der Waals surface area contributed by atoms with Gasteiger partial charge in [-0.1, -0.05) is 6.07 Å². The van der Waals surface area contributed by atoms with Crippen LogP contribution in [-0.4, -0.2) is 43.7 Å².